The van der Waals surface area contributed by atoms with Crippen molar-refractivity contribution in [2.24, 2.45) is 0 Å². The largest absolute Gasteiger partial charge is 0.497 e. The predicted molar refractivity (Wildman–Crippen MR) is 80.4 cm³/mol. The van der Waals surface area contributed by atoms with Crippen LogP contribution in [0.1, 0.15) is 22.8 Å². The number of benzene rings is 2. The van der Waals surface area contributed by atoms with Crippen LogP contribution in [0.3, 0.4) is 0 Å². The molecule has 0 fully saturated rings. The molecular formula is C16H15BrO3. The van der Waals surface area contributed by atoms with Gasteiger partial charge < -0.3 is 14.6 Å². The van der Waals surface area contributed by atoms with Crippen molar-refractivity contribution >= 4 is 15.9 Å². The summed E-state index contributed by atoms with van der Waals surface area (Å²) in [6.07, 6.45) is 0.155. The highest BCUT2D eigenvalue weighted by Crippen LogP contribution is 2.39. The van der Waals surface area contributed by atoms with Crippen LogP contribution in [-0.2, 0) is 6.42 Å². The summed E-state index contributed by atoms with van der Waals surface area (Å²) in [5.74, 6) is 1.53. The smallest absolute Gasteiger partial charge is 0.128 e. The van der Waals surface area contributed by atoms with Crippen LogP contribution in [0.15, 0.2) is 40.9 Å². The summed E-state index contributed by atoms with van der Waals surface area (Å²) in [5.41, 5.74) is 2.72. The maximum Gasteiger partial charge on any atom is 0.128 e. The summed E-state index contributed by atoms with van der Waals surface area (Å²) >= 11 is 3.48. The Bertz CT molecular complexity index is 640. The normalized spacial score (nSPS) is 14.6. The van der Waals surface area contributed by atoms with E-state index in [4.69, 9.17) is 9.47 Å². The van der Waals surface area contributed by atoms with Gasteiger partial charge in [-0.05, 0) is 23.8 Å². The van der Waals surface area contributed by atoms with Gasteiger partial charge in [-0.15, -0.1) is 0 Å². The number of methoxy groups -OCH3 is 1. The molecule has 0 saturated carbocycles. The molecule has 0 radical (unpaired) electrons. The first kappa shape index (κ1) is 13.5. The second-order valence-corrected chi connectivity index (χ2v) is 5.58. The maximum absolute atomic E-state index is 10.7. The number of hydrogen-bond donors (Lipinski definition) is 1. The first-order valence-corrected chi connectivity index (χ1v) is 7.26. The summed E-state index contributed by atoms with van der Waals surface area (Å²) in [6.45, 7) is 0.679. The van der Waals surface area contributed by atoms with Crippen molar-refractivity contribution in [3.8, 4) is 11.5 Å². The van der Waals surface area contributed by atoms with Gasteiger partial charge in [0.05, 0.1) is 13.7 Å². The summed E-state index contributed by atoms with van der Waals surface area (Å²) in [4.78, 5) is 0. The second kappa shape index (κ2) is 5.46. The zero-order chi connectivity index (χ0) is 14.1. The molecule has 0 saturated heterocycles. The molecule has 2 aromatic rings. The van der Waals surface area contributed by atoms with Gasteiger partial charge in [0.1, 0.15) is 17.6 Å². The number of fused-ring (bicyclic) bond motifs is 1. The van der Waals surface area contributed by atoms with E-state index in [0.29, 0.717) is 6.61 Å². The molecule has 1 heterocycles. The first-order valence-electron chi connectivity index (χ1n) is 6.47. The van der Waals surface area contributed by atoms with E-state index in [1.165, 1.54) is 0 Å². The Morgan fingerprint density at radius 3 is 2.90 bits per heavy atom. The van der Waals surface area contributed by atoms with E-state index in [9.17, 15) is 5.11 Å². The monoisotopic (exact) mass is 334 g/mol. The van der Waals surface area contributed by atoms with E-state index >= 15 is 0 Å². The van der Waals surface area contributed by atoms with Crippen LogP contribution in [0.25, 0.3) is 0 Å². The Hall–Kier alpha value is -1.52. The van der Waals surface area contributed by atoms with Gasteiger partial charge in [0.15, 0.2) is 0 Å². The van der Waals surface area contributed by atoms with Crippen molar-refractivity contribution in [1.29, 1.82) is 0 Å². The molecule has 104 valence electrons. The van der Waals surface area contributed by atoms with Crippen LogP contribution < -0.4 is 9.47 Å². The van der Waals surface area contributed by atoms with Crippen molar-refractivity contribution in [3.63, 3.8) is 0 Å². The molecule has 2 aromatic carbocycles. The molecule has 1 aliphatic heterocycles. The number of halogens is 1. The summed E-state index contributed by atoms with van der Waals surface area (Å²) < 4.78 is 11.7. The molecule has 20 heavy (non-hydrogen) atoms. The Labute approximate surface area is 126 Å². The van der Waals surface area contributed by atoms with Gasteiger partial charge in [-0.3, -0.25) is 0 Å². The van der Waals surface area contributed by atoms with Gasteiger partial charge in [0.25, 0.3) is 0 Å². The molecule has 1 unspecified atom stereocenters. The summed E-state index contributed by atoms with van der Waals surface area (Å²) in [5, 5.41) is 10.7. The molecule has 3 rings (SSSR count). The van der Waals surface area contributed by atoms with E-state index in [-0.39, 0.29) is 0 Å². The number of rotatable bonds is 3. The van der Waals surface area contributed by atoms with E-state index in [1.54, 1.807) is 7.11 Å². The molecule has 1 atom stereocenters. The fourth-order valence-electron chi connectivity index (χ4n) is 2.48. The molecule has 0 amide bonds. The van der Waals surface area contributed by atoms with Crippen LogP contribution in [-0.4, -0.2) is 18.8 Å². The molecule has 3 nitrogen and oxygen atoms in total. The zero-order valence-corrected chi connectivity index (χ0v) is 12.7. The van der Waals surface area contributed by atoms with Crippen LogP contribution in [0.5, 0.6) is 11.5 Å². The number of aliphatic hydroxyl groups is 1. The summed E-state index contributed by atoms with van der Waals surface area (Å²) in [7, 11) is 1.61. The second-order valence-electron chi connectivity index (χ2n) is 4.72. The minimum atomic E-state index is -0.743. The van der Waals surface area contributed by atoms with Gasteiger partial charge in [0, 0.05) is 22.0 Å². The fraction of sp³-hybridized carbons (Fsp3) is 0.250. The Morgan fingerprint density at radius 2 is 2.10 bits per heavy atom. The van der Waals surface area contributed by atoms with Crippen molar-refractivity contribution in [3.05, 3.63) is 57.6 Å². The van der Waals surface area contributed by atoms with E-state index in [1.807, 2.05) is 36.4 Å². The molecule has 1 N–H and O–H groups in total. The van der Waals surface area contributed by atoms with E-state index < -0.39 is 6.10 Å². The van der Waals surface area contributed by atoms with Crippen LogP contribution in [0.4, 0.5) is 0 Å². The third-order valence-corrected chi connectivity index (χ3v) is 4.26. The van der Waals surface area contributed by atoms with Crippen molar-refractivity contribution in [2.75, 3.05) is 13.7 Å². The molecule has 0 aliphatic carbocycles. The lowest BCUT2D eigenvalue weighted by Gasteiger charge is -2.17. The van der Waals surface area contributed by atoms with Crippen molar-refractivity contribution < 1.29 is 14.6 Å². The molecular weight excluding hydrogens is 320 g/mol. The van der Waals surface area contributed by atoms with Crippen molar-refractivity contribution in [2.45, 2.75) is 12.5 Å². The SMILES string of the molecule is COc1ccc(Br)c(C(O)c2cccc3c2OCC3)c1. The highest BCUT2D eigenvalue weighted by molar-refractivity contribution is 9.10. The molecule has 1 aliphatic rings. The average Bonchev–Trinajstić information content (AvgIpc) is 2.95. The van der Waals surface area contributed by atoms with Crippen molar-refractivity contribution in [1.82, 2.24) is 0 Å². The molecule has 4 heteroatoms. The topological polar surface area (TPSA) is 38.7 Å². The molecule has 0 spiro atoms. The number of aliphatic hydroxyl groups excluding tert-OH is 1. The first-order chi connectivity index (χ1) is 9.70. The highest BCUT2D eigenvalue weighted by atomic mass is 79.9. The van der Waals surface area contributed by atoms with Crippen LogP contribution in [0, 0.1) is 0 Å². The number of para-hydroxylation sites is 1. The van der Waals surface area contributed by atoms with Crippen LogP contribution >= 0.6 is 15.9 Å². The summed E-state index contributed by atoms with van der Waals surface area (Å²) in [6, 6.07) is 11.5. The zero-order valence-electron chi connectivity index (χ0n) is 11.1. The molecule has 0 bridgehead atoms. The quantitative estimate of drug-likeness (QED) is 0.933. The van der Waals surface area contributed by atoms with Gasteiger partial charge in [-0.2, -0.15) is 0 Å². The highest BCUT2D eigenvalue weighted by Gasteiger charge is 2.23. The maximum atomic E-state index is 10.7. The molecule has 0 aromatic heterocycles. The third-order valence-electron chi connectivity index (χ3n) is 3.54. The van der Waals surface area contributed by atoms with Gasteiger partial charge >= 0.3 is 0 Å². The minimum Gasteiger partial charge on any atom is -0.497 e. The lowest BCUT2D eigenvalue weighted by molar-refractivity contribution is 0.212. The fourth-order valence-corrected chi connectivity index (χ4v) is 2.95. The van der Waals surface area contributed by atoms with Gasteiger partial charge in [-0.1, -0.05) is 34.1 Å². The Kier molecular flexibility index (Phi) is 3.68. The van der Waals surface area contributed by atoms with E-state index in [0.717, 1.165) is 39.1 Å². The van der Waals surface area contributed by atoms with Crippen LogP contribution in [0.2, 0.25) is 0 Å². The lowest BCUT2D eigenvalue weighted by Crippen LogP contribution is -2.03. The van der Waals surface area contributed by atoms with E-state index in [2.05, 4.69) is 15.9 Å². The number of hydrogen-bond acceptors (Lipinski definition) is 3. The Morgan fingerprint density at radius 1 is 1.25 bits per heavy atom. The number of ether oxygens (including phenoxy) is 2. The third kappa shape index (κ3) is 2.30. The standard InChI is InChI=1S/C16H15BrO3/c1-19-11-5-6-14(17)13(9-11)15(18)12-4-2-3-10-7-8-20-16(10)12/h2-6,9,15,18H,7-8H2,1H3. The van der Waals surface area contributed by atoms with Gasteiger partial charge in [0.2, 0.25) is 0 Å². The Balaban J connectivity index is 2.05. The average molecular weight is 335 g/mol. The van der Waals surface area contributed by atoms with Gasteiger partial charge in [-0.25, -0.2) is 0 Å². The minimum absolute atomic E-state index is 0.679. The lowest BCUT2D eigenvalue weighted by atomic mass is 9.98. The predicted octanol–water partition coefficient (Wildman–Crippen LogP) is 3.47.